The summed E-state index contributed by atoms with van der Waals surface area (Å²) in [5, 5.41) is 0. The molecule has 2 heteroatoms. The number of aromatic nitrogens is 1. The van der Waals surface area contributed by atoms with Crippen LogP contribution in [0.5, 0.6) is 0 Å². The van der Waals surface area contributed by atoms with Crippen LogP contribution in [0, 0.1) is 5.92 Å². The van der Waals surface area contributed by atoms with Gasteiger partial charge in [-0.15, -0.1) is 0 Å². The first-order valence-corrected chi connectivity index (χ1v) is 5.13. The van der Waals surface area contributed by atoms with Gasteiger partial charge in [0.1, 0.15) is 0 Å². The van der Waals surface area contributed by atoms with Gasteiger partial charge in [0.15, 0.2) is 5.78 Å². The van der Waals surface area contributed by atoms with Gasteiger partial charge in [0, 0.05) is 24.4 Å². The van der Waals surface area contributed by atoms with Crippen LogP contribution < -0.4 is 0 Å². The zero-order valence-electron chi connectivity index (χ0n) is 8.86. The molecule has 14 heavy (non-hydrogen) atoms. The molecule has 0 radical (unpaired) electrons. The van der Waals surface area contributed by atoms with Crippen LogP contribution in [-0.4, -0.2) is 10.8 Å². The Balaban J connectivity index is 2.36. The van der Waals surface area contributed by atoms with Crippen molar-refractivity contribution >= 4 is 5.78 Å². The summed E-state index contributed by atoms with van der Waals surface area (Å²) in [4.78, 5) is 15.5. The molecular formula is C12H17NO. The lowest BCUT2D eigenvalue weighted by atomic mass is 10.0. The summed E-state index contributed by atoms with van der Waals surface area (Å²) in [6, 6.07) is 3.55. The summed E-state index contributed by atoms with van der Waals surface area (Å²) < 4.78 is 0. The number of hydrogen-bond acceptors (Lipinski definition) is 2. The highest BCUT2D eigenvalue weighted by Crippen LogP contribution is 2.10. The number of nitrogens with zero attached hydrogens (tertiary/aromatic N) is 1. The standard InChI is InChI=1S/C12H17NO/c1-10(2)4-3-5-12(14)11-6-8-13-9-7-11/h6-10H,3-5H2,1-2H3. The predicted molar refractivity (Wildman–Crippen MR) is 57.3 cm³/mol. The van der Waals surface area contributed by atoms with E-state index in [4.69, 9.17) is 0 Å². The van der Waals surface area contributed by atoms with Gasteiger partial charge in [-0.3, -0.25) is 9.78 Å². The minimum Gasteiger partial charge on any atom is -0.294 e. The third-order valence-corrected chi connectivity index (χ3v) is 2.19. The molecule has 0 aliphatic heterocycles. The maximum absolute atomic E-state index is 11.6. The van der Waals surface area contributed by atoms with Gasteiger partial charge >= 0.3 is 0 Å². The van der Waals surface area contributed by atoms with Gasteiger partial charge in [-0.1, -0.05) is 20.3 Å². The Morgan fingerprint density at radius 2 is 2.00 bits per heavy atom. The van der Waals surface area contributed by atoms with Gasteiger partial charge < -0.3 is 0 Å². The van der Waals surface area contributed by atoms with Crippen LogP contribution in [0.25, 0.3) is 0 Å². The van der Waals surface area contributed by atoms with Gasteiger partial charge in [0.2, 0.25) is 0 Å². The second-order valence-electron chi connectivity index (χ2n) is 3.95. The van der Waals surface area contributed by atoms with Gasteiger partial charge in [-0.25, -0.2) is 0 Å². The first-order chi connectivity index (χ1) is 6.70. The zero-order chi connectivity index (χ0) is 10.4. The smallest absolute Gasteiger partial charge is 0.162 e. The molecule has 0 saturated carbocycles. The summed E-state index contributed by atoms with van der Waals surface area (Å²) in [6.07, 6.45) is 6.09. The number of hydrogen-bond donors (Lipinski definition) is 0. The van der Waals surface area contributed by atoms with E-state index in [0.717, 1.165) is 18.4 Å². The molecule has 0 N–H and O–H groups in total. The Bertz CT molecular complexity index is 280. The Morgan fingerprint density at radius 3 is 2.57 bits per heavy atom. The van der Waals surface area contributed by atoms with Gasteiger partial charge in [0.25, 0.3) is 0 Å². The van der Waals surface area contributed by atoms with Gasteiger partial charge in [-0.2, -0.15) is 0 Å². The van der Waals surface area contributed by atoms with Crippen LogP contribution in [-0.2, 0) is 0 Å². The van der Waals surface area contributed by atoms with Crippen molar-refractivity contribution < 1.29 is 4.79 Å². The monoisotopic (exact) mass is 191 g/mol. The highest BCUT2D eigenvalue weighted by Gasteiger charge is 2.04. The van der Waals surface area contributed by atoms with Gasteiger partial charge in [0.05, 0.1) is 0 Å². The van der Waals surface area contributed by atoms with E-state index in [0.29, 0.717) is 12.3 Å². The van der Waals surface area contributed by atoms with Crippen LogP contribution >= 0.6 is 0 Å². The Hall–Kier alpha value is -1.18. The molecular weight excluding hydrogens is 174 g/mol. The minimum absolute atomic E-state index is 0.230. The average Bonchev–Trinajstić information content (AvgIpc) is 2.18. The molecule has 0 unspecified atom stereocenters. The summed E-state index contributed by atoms with van der Waals surface area (Å²) >= 11 is 0. The summed E-state index contributed by atoms with van der Waals surface area (Å²) in [7, 11) is 0. The highest BCUT2D eigenvalue weighted by atomic mass is 16.1. The number of Topliss-reactive ketones (excluding diaryl/α,β-unsaturated/α-hetero) is 1. The molecule has 1 rings (SSSR count). The predicted octanol–water partition coefficient (Wildman–Crippen LogP) is 3.09. The van der Waals surface area contributed by atoms with Crippen molar-refractivity contribution in [2.45, 2.75) is 33.1 Å². The van der Waals surface area contributed by atoms with E-state index in [-0.39, 0.29) is 5.78 Å². The van der Waals surface area contributed by atoms with E-state index in [1.54, 1.807) is 24.5 Å². The molecule has 0 spiro atoms. The van der Waals surface area contributed by atoms with Crippen LogP contribution in [0.15, 0.2) is 24.5 Å². The van der Waals surface area contributed by atoms with E-state index < -0.39 is 0 Å². The maximum atomic E-state index is 11.6. The fourth-order valence-corrected chi connectivity index (χ4v) is 1.35. The SMILES string of the molecule is CC(C)CCCC(=O)c1ccncc1. The van der Waals surface area contributed by atoms with Crippen molar-refractivity contribution in [3.63, 3.8) is 0 Å². The van der Waals surface area contributed by atoms with Crippen molar-refractivity contribution in [2.24, 2.45) is 5.92 Å². The van der Waals surface area contributed by atoms with Crippen molar-refractivity contribution in [3.05, 3.63) is 30.1 Å². The molecule has 0 fully saturated rings. The molecule has 0 saturated heterocycles. The number of carbonyl (C=O) groups excluding carboxylic acids is 1. The fourth-order valence-electron chi connectivity index (χ4n) is 1.35. The quantitative estimate of drug-likeness (QED) is 0.669. The molecule has 0 bridgehead atoms. The lowest BCUT2D eigenvalue weighted by molar-refractivity contribution is 0.0978. The third-order valence-electron chi connectivity index (χ3n) is 2.19. The first kappa shape index (κ1) is 10.9. The van der Waals surface area contributed by atoms with E-state index in [1.165, 1.54) is 0 Å². The number of ketones is 1. The van der Waals surface area contributed by atoms with Crippen molar-refractivity contribution in [1.29, 1.82) is 0 Å². The molecule has 0 aliphatic rings. The Morgan fingerprint density at radius 1 is 1.36 bits per heavy atom. The van der Waals surface area contributed by atoms with Crippen LogP contribution in [0.3, 0.4) is 0 Å². The van der Waals surface area contributed by atoms with Crippen molar-refractivity contribution in [3.8, 4) is 0 Å². The number of rotatable bonds is 5. The van der Waals surface area contributed by atoms with Crippen LogP contribution in [0.4, 0.5) is 0 Å². The van der Waals surface area contributed by atoms with Crippen LogP contribution in [0.2, 0.25) is 0 Å². The normalized spacial score (nSPS) is 10.5. The second-order valence-corrected chi connectivity index (χ2v) is 3.95. The molecule has 0 amide bonds. The highest BCUT2D eigenvalue weighted by molar-refractivity contribution is 5.95. The molecule has 1 aromatic rings. The molecule has 0 aromatic carbocycles. The lowest BCUT2D eigenvalue weighted by Gasteiger charge is -2.03. The minimum atomic E-state index is 0.230. The second kappa shape index (κ2) is 5.53. The largest absolute Gasteiger partial charge is 0.294 e. The molecule has 0 atom stereocenters. The molecule has 0 aliphatic carbocycles. The van der Waals surface area contributed by atoms with Crippen LogP contribution in [0.1, 0.15) is 43.5 Å². The first-order valence-electron chi connectivity index (χ1n) is 5.13. The average molecular weight is 191 g/mol. The fraction of sp³-hybridized carbons (Fsp3) is 0.500. The summed E-state index contributed by atoms with van der Waals surface area (Å²) in [5.74, 6) is 0.910. The molecule has 1 aromatic heterocycles. The zero-order valence-corrected chi connectivity index (χ0v) is 8.86. The number of pyridine rings is 1. The van der Waals surface area contributed by atoms with E-state index in [1.807, 2.05) is 0 Å². The number of carbonyl (C=O) groups is 1. The van der Waals surface area contributed by atoms with Crippen molar-refractivity contribution in [1.82, 2.24) is 4.98 Å². The molecule has 2 nitrogen and oxygen atoms in total. The molecule has 76 valence electrons. The van der Waals surface area contributed by atoms with E-state index in [9.17, 15) is 4.79 Å². The summed E-state index contributed by atoms with van der Waals surface area (Å²) in [6.45, 7) is 4.35. The Labute approximate surface area is 85.4 Å². The topological polar surface area (TPSA) is 30.0 Å². The Kier molecular flexibility index (Phi) is 4.30. The van der Waals surface area contributed by atoms with E-state index >= 15 is 0 Å². The molecule has 1 heterocycles. The third kappa shape index (κ3) is 3.69. The maximum Gasteiger partial charge on any atom is 0.162 e. The summed E-state index contributed by atoms with van der Waals surface area (Å²) in [5.41, 5.74) is 0.781. The lowest BCUT2D eigenvalue weighted by Crippen LogP contribution is -1.99. The van der Waals surface area contributed by atoms with E-state index in [2.05, 4.69) is 18.8 Å². The van der Waals surface area contributed by atoms with Gasteiger partial charge in [-0.05, 0) is 24.5 Å². The van der Waals surface area contributed by atoms with Crippen molar-refractivity contribution in [2.75, 3.05) is 0 Å².